The molecule has 76 valence electrons. The molecule has 0 saturated carbocycles. The number of imidazole rings is 1. The van der Waals surface area contributed by atoms with Crippen molar-refractivity contribution < 1.29 is 4.92 Å². The molecule has 6 heteroatoms. The summed E-state index contributed by atoms with van der Waals surface area (Å²) in [6.07, 6.45) is 3.41. The van der Waals surface area contributed by atoms with Gasteiger partial charge in [-0.15, -0.1) is 0 Å². The summed E-state index contributed by atoms with van der Waals surface area (Å²) < 4.78 is 2.44. The molecule has 2 aromatic rings. The van der Waals surface area contributed by atoms with Crippen LogP contribution in [0.3, 0.4) is 0 Å². The predicted octanol–water partition coefficient (Wildman–Crippen LogP) is 2.54. The predicted molar refractivity (Wildman–Crippen MR) is 57.9 cm³/mol. The lowest BCUT2D eigenvalue weighted by Crippen LogP contribution is -1.93. The van der Waals surface area contributed by atoms with Gasteiger partial charge in [0.05, 0.1) is 4.92 Å². The van der Waals surface area contributed by atoms with Crippen LogP contribution in [-0.4, -0.2) is 14.5 Å². The van der Waals surface area contributed by atoms with Crippen molar-refractivity contribution in [3.63, 3.8) is 0 Å². The Morgan fingerprint density at radius 3 is 2.47 bits per heavy atom. The van der Waals surface area contributed by atoms with Crippen LogP contribution < -0.4 is 0 Å². The lowest BCUT2D eigenvalue weighted by Gasteiger charge is -2.02. The number of benzene rings is 1. The average molecular weight is 268 g/mol. The van der Waals surface area contributed by atoms with E-state index < -0.39 is 4.92 Å². The van der Waals surface area contributed by atoms with Crippen LogP contribution in [0.15, 0.2) is 41.4 Å². The average Bonchev–Trinajstić information content (AvgIpc) is 2.65. The number of nitrogens with zero attached hydrogens (tertiary/aromatic N) is 3. The van der Waals surface area contributed by atoms with E-state index in [4.69, 9.17) is 0 Å². The molecule has 0 fully saturated rings. The number of non-ortho nitro benzene ring substituents is 1. The van der Waals surface area contributed by atoms with Gasteiger partial charge >= 0.3 is 0 Å². The van der Waals surface area contributed by atoms with Crippen LogP contribution in [0, 0.1) is 10.1 Å². The molecule has 0 spiro atoms. The molecular formula is C9H6BrN3O2. The molecule has 1 aromatic heterocycles. The zero-order chi connectivity index (χ0) is 10.8. The van der Waals surface area contributed by atoms with Crippen LogP contribution >= 0.6 is 15.9 Å². The molecule has 5 nitrogen and oxygen atoms in total. The monoisotopic (exact) mass is 267 g/mol. The topological polar surface area (TPSA) is 61.0 Å². The number of nitro benzene ring substituents is 1. The third kappa shape index (κ3) is 1.89. The Morgan fingerprint density at radius 1 is 1.33 bits per heavy atom. The summed E-state index contributed by atoms with van der Waals surface area (Å²) in [4.78, 5) is 14.0. The van der Waals surface area contributed by atoms with Gasteiger partial charge in [0, 0.05) is 30.2 Å². The smallest absolute Gasteiger partial charge is 0.269 e. The van der Waals surface area contributed by atoms with Crippen molar-refractivity contribution in [2.45, 2.75) is 0 Å². The van der Waals surface area contributed by atoms with Crippen LogP contribution in [0.5, 0.6) is 0 Å². The minimum atomic E-state index is -0.424. The van der Waals surface area contributed by atoms with Crippen molar-refractivity contribution in [2.24, 2.45) is 0 Å². The number of rotatable bonds is 2. The first-order valence-electron chi connectivity index (χ1n) is 4.12. The molecule has 0 N–H and O–H groups in total. The summed E-state index contributed by atoms with van der Waals surface area (Å²) in [7, 11) is 0. The molecule has 1 aromatic carbocycles. The molecule has 0 unspecified atom stereocenters. The van der Waals surface area contributed by atoms with Gasteiger partial charge in [-0.2, -0.15) is 0 Å². The fourth-order valence-electron chi connectivity index (χ4n) is 1.21. The van der Waals surface area contributed by atoms with Crippen LogP contribution in [0.2, 0.25) is 0 Å². The standard InChI is InChI=1S/C9H6BrN3O2/c10-9-11-5-6-12(9)7-1-3-8(4-2-7)13(14)15/h1-6H. The Hall–Kier alpha value is -1.69. The number of nitro groups is 1. The zero-order valence-corrected chi connectivity index (χ0v) is 9.09. The number of halogens is 1. The summed E-state index contributed by atoms with van der Waals surface area (Å²) in [6.45, 7) is 0. The summed E-state index contributed by atoms with van der Waals surface area (Å²) in [5.74, 6) is 0. The molecule has 0 aliphatic heterocycles. The van der Waals surface area contributed by atoms with Crippen molar-refractivity contribution in [1.82, 2.24) is 9.55 Å². The van der Waals surface area contributed by atoms with Gasteiger partial charge in [-0.1, -0.05) is 0 Å². The second-order valence-corrected chi connectivity index (χ2v) is 3.55. The molecule has 1 heterocycles. The molecule has 2 rings (SSSR count). The summed E-state index contributed by atoms with van der Waals surface area (Å²) >= 11 is 3.27. The third-order valence-electron chi connectivity index (χ3n) is 1.93. The molecule has 0 amide bonds. The van der Waals surface area contributed by atoms with Crippen LogP contribution in [0.4, 0.5) is 5.69 Å². The fourth-order valence-corrected chi connectivity index (χ4v) is 1.65. The maximum atomic E-state index is 10.4. The van der Waals surface area contributed by atoms with Gasteiger partial charge in [0.2, 0.25) is 0 Å². The van der Waals surface area contributed by atoms with Crippen LogP contribution in [0.1, 0.15) is 0 Å². The first kappa shape index (κ1) is 9.85. The van der Waals surface area contributed by atoms with E-state index in [1.54, 1.807) is 29.1 Å². The van der Waals surface area contributed by atoms with Gasteiger partial charge in [0.1, 0.15) is 0 Å². The van der Waals surface area contributed by atoms with E-state index >= 15 is 0 Å². The van der Waals surface area contributed by atoms with Gasteiger partial charge in [0.25, 0.3) is 5.69 Å². The first-order valence-corrected chi connectivity index (χ1v) is 4.91. The Bertz CT molecular complexity index is 492. The molecule has 0 bridgehead atoms. The minimum Gasteiger partial charge on any atom is -0.294 e. The van der Waals surface area contributed by atoms with Crippen LogP contribution in [0.25, 0.3) is 5.69 Å². The molecule has 0 aliphatic rings. The number of hydrogen-bond acceptors (Lipinski definition) is 3. The highest BCUT2D eigenvalue weighted by molar-refractivity contribution is 9.10. The highest BCUT2D eigenvalue weighted by Crippen LogP contribution is 2.18. The molecule has 15 heavy (non-hydrogen) atoms. The second-order valence-electron chi connectivity index (χ2n) is 2.84. The summed E-state index contributed by atoms with van der Waals surface area (Å²) in [5.41, 5.74) is 0.903. The molecular weight excluding hydrogens is 262 g/mol. The van der Waals surface area contributed by atoms with Crippen molar-refractivity contribution in [3.8, 4) is 5.69 Å². The minimum absolute atomic E-state index is 0.0787. The van der Waals surface area contributed by atoms with Gasteiger partial charge in [-0.05, 0) is 28.1 Å². The Balaban J connectivity index is 2.40. The normalized spacial score (nSPS) is 10.2. The lowest BCUT2D eigenvalue weighted by molar-refractivity contribution is -0.384. The van der Waals surface area contributed by atoms with Gasteiger partial charge in [-0.25, -0.2) is 4.98 Å². The largest absolute Gasteiger partial charge is 0.294 e. The summed E-state index contributed by atoms with van der Waals surface area (Å²) in [6, 6.07) is 6.26. The van der Waals surface area contributed by atoms with E-state index in [2.05, 4.69) is 20.9 Å². The van der Waals surface area contributed by atoms with E-state index in [0.29, 0.717) is 4.73 Å². The Kier molecular flexibility index (Phi) is 2.51. The Morgan fingerprint density at radius 2 is 2.00 bits per heavy atom. The van der Waals surface area contributed by atoms with Gasteiger partial charge < -0.3 is 0 Å². The van der Waals surface area contributed by atoms with E-state index in [1.165, 1.54) is 12.1 Å². The lowest BCUT2D eigenvalue weighted by atomic mass is 10.3. The number of aromatic nitrogens is 2. The summed E-state index contributed by atoms with van der Waals surface area (Å²) in [5, 5.41) is 10.4. The van der Waals surface area contributed by atoms with E-state index in [0.717, 1.165) is 5.69 Å². The van der Waals surface area contributed by atoms with E-state index in [-0.39, 0.29) is 5.69 Å². The van der Waals surface area contributed by atoms with Crippen molar-refractivity contribution in [2.75, 3.05) is 0 Å². The fraction of sp³-hybridized carbons (Fsp3) is 0. The maximum Gasteiger partial charge on any atom is 0.269 e. The SMILES string of the molecule is O=[N+]([O-])c1ccc(-n2ccnc2Br)cc1. The molecule has 0 atom stereocenters. The van der Waals surface area contributed by atoms with Crippen molar-refractivity contribution >= 4 is 21.6 Å². The molecule has 0 radical (unpaired) electrons. The molecule has 0 aliphatic carbocycles. The quantitative estimate of drug-likeness (QED) is 0.621. The van der Waals surface area contributed by atoms with E-state index in [9.17, 15) is 10.1 Å². The highest BCUT2D eigenvalue weighted by atomic mass is 79.9. The first-order chi connectivity index (χ1) is 7.18. The molecule has 0 saturated heterocycles. The van der Waals surface area contributed by atoms with Crippen LogP contribution in [-0.2, 0) is 0 Å². The van der Waals surface area contributed by atoms with E-state index in [1.807, 2.05) is 0 Å². The van der Waals surface area contributed by atoms with Gasteiger partial charge in [0.15, 0.2) is 4.73 Å². The third-order valence-corrected chi connectivity index (χ3v) is 2.52. The van der Waals surface area contributed by atoms with Gasteiger partial charge in [-0.3, -0.25) is 14.7 Å². The van der Waals surface area contributed by atoms with Crippen molar-refractivity contribution in [3.05, 3.63) is 51.5 Å². The zero-order valence-electron chi connectivity index (χ0n) is 7.50. The second kappa shape index (κ2) is 3.82. The maximum absolute atomic E-state index is 10.4. The number of hydrogen-bond donors (Lipinski definition) is 0. The highest BCUT2D eigenvalue weighted by Gasteiger charge is 2.06. The Labute approximate surface area is 93.6 Å². The van der Waals surface area contributed by atoms with Crippen molar-refractivity contribution in [1.29, 1.82) is 0 Å².